The fraction of sp³-hybridized carbons (Fsp3) is 0.318. The van der Waals surface area contributed by atoms with Crippen molar-refractivity contribution in [2.24, 2.45) is 5.73 Å². The molecule has 0 unspecified atom stereocenters. The Morgan fingerprint density at radius 1 is 1.10 bits per heavy atom. The molecule has 0 saturated carbocycles. The van der Waals surface area contributed by atoms with Crippen LogP contribution in [-0.2, 0) is 11.3 Å². The van der Waals surface area contributed by atoms with Gasteiger partial charge in [0.15, 0.2) is 5.01 Å². The van der Waals surface area contributed by atoms with E-state index in [1.807, 2.05) is 18.2 Å². The molecule has 4 N–H and O–H groups in total. The Hall–Kier alpha value is -3.01. The Morgan fingerprint density at radius 3 is 2.52 bits per heavy atom. The molecular formula is C22H25N5O3S. The summed E-state index contributed by atoms with van der Waals surface area (Å²) in [7, 11) is 0. The number of piperazine rings is 1. The third-order valence-corrected chi connectivity index (χ3v) is 6.41. The third kappa shape index (κ3) is 5.01. The molecule has 1 fully saturated rings. The Balaban J connectivity index is 1.35. The minimum atomic E-state index is -0.993. The van der Waals surface area contributed by atoms with E-state index in [0.717, 1.165) is 48.7 Å². The fourth-order valence-electron chi connectivity index (χ4n) is 3.64. The standard InChI is InChI=1S/C22H25N5O3S/c23-21(30)20(29)22-25-18-6-3-16(13-19(18)31-22)24-14-15-1-4-17(5-2-15)27-9-7-26(8-10-27)11-12-28/h1-6,13,24,28H,7-12,14H2,(H2,23,30). The van der Waals surface area contributed by atoms with E-state index in [0.29, 0.717) is 12.1 Å². The van der Waals surface area contributed by atoms with E-state index in [9.17, 15) is 9.59 Å². The van der Waals surface area contributed by atoms with E-state index < -0.39 is 11.7 Å². The third-order valence-electron chi connectivity index (χ3n) is 5.39. The molecule has 1 saturated heterocycles. The summed E-state index contributed by atoms with van der Waals surface area (Å²) in [6, 6.07) is 14.2. The lowest BCUT2D eigenvalue weighted by Gasteiger charge is -2.35. The molecule has 31 heavy (non-hydrogen) atoms. The summed E-state index contributed by atoms with van der Waals surface area (Å²) in [5.41, 5.74) is 9.02. The van der Waals surface area contributed by atoms with Crippen molar-refractivity contribution >= 4 is 44.6 Å². The number of aliphatic hydroxyl groups is 1. The Labute approximate surface area is 184 Å². The maximum Gasteiger partial charge on any atom is 0.292 e. The van der Waals surface area contributed by atoms with Crippen LogP contribution in [0.15, 0.2) is 42.5 Å². The lowest BCUT2D eigenvalue weighted by molar-refractivity contribution is -0.114. The summed E-state index contributed by atoms with van der Waals surface area (Å²) >= 11 is 1.17. The van der Waals surface area contributed by atoms with Gasteiger partial charge in [-0.2, -0.15) is 0 Å². The van der Waals surface area contributed by atoms with E-state index in [1.54, 1.807) is 0 Å². The number of aliphatic hydroxyl groups excluding tert-OH is 1. The first-order chi connectivity index (χ1) is 15.0. The zero-order valence-corrected chi connectivity index (χ0v) is 17.9. The van der Waals surface area contributed by atoms with Crippen LogP contribution < -0.4 is 16.0 Å². The van der Waals surface area contributed by atoms with E-state index >= 15 is 0 Å². The number of carbonyl (C=O) groups excluding carboxylic acids is 2. The molecule has 0 atom stereocenters. The van der Waals surface area contributed by atoms with Crippen LogP contribution in [0.5, 0.6) is 0 Å². The molecule has 1 amide bonds. The first-order valence-electron chi connectivity index (χ1n) is 10.2. The number of thiazole rings is 1. The van der Waals surface area contributed by atoms with Gasteiger partial charge in [0.1, 0.15) is 0 Å². The average Bonchev–Trinajstić information content (AvgIpc) is 3.21. The first-order valence-corrected chi connectivity index (χ1v) is 11.0. The van der Waals surface area contributed by atoms with Crippen molar-refractivity contribution in [2.45, 2.75) is 6.54 Å². The molecule has 2 aromatic carbocycles. The predicted molar refractivity (Wildman–Crippen MR) is 123 cm³/mol. The second-order valence-corrected chi connectivity index (χ2v) is 8.50. The SMILES string of the molecule is NC(=O)C(=O)c1nc2ccc(NCc3ccc(N4CCN(CCO)CC4)cc3)cc2s1. The molecule has 0 bridgehead atoms. The number of primary amides is 1. The number of Topliss-reactive ketones (excluding diaryl/α,β-unsaturated/α-hetero) is 1. The highest BCUT2D eigenvalue weighted by Gasteiger charge is 2.18. The number of aromatic nitrogens is 1. The lowest BCUT2D eigenvalue weighted by atomic mass is 10.1. The van der Waals surface area contributed by atoms with Crippen molar-refractivity contribution in [1.29, 1.82) is 0 Å². The van der Waals surface area contributed by atoms with Crippen LogP contribution in [0.3, 0.4) is 0 Å². The minimum absolute atomic E-state index is 0.118. The number of hydrogen-bond acceptors (Lipinski definition) is 8. The summed E-state index contributed by atoms with van der Waals surface area (Å²) in [4.78, 5) is 31.7. The molecule has 2 heterocycles. The number of nitrogens with one attached hydrogen (secondary N) is 1. The van der Waals surface area contributed by atoms with Crippen LogP contribution in [0, 0.1) is 0 Å². The zero-order valence-electron chi connectivity index (χ0n) is 17.1. The number of amides is 1. The van der Waals surface area contributed by atoms with Crippen LogP contribution in [0.25, 0.3) is 10.2 Å². The van der Waals surface area contributed by atoms with Gasteiger partial charge < -0.3 is 21.1 Å². The Bertz CT molecular complexity index is 1070. The van der Waals surface area contributed by atoms with Crippen LogP contribution in [0.1, 0.15) is 15.4 Å². The van der Waals surface area contributed by atoms with Gasteiger partial charge in [-0.15, -0.1) is 11.3 Å². The van der Waals surface area contributed by atoms with Crippen LogP contribution >= 0.6 is 11.3 Å². The van der Waals surface area contributed by atoms with Gasteiger partial charge in [0, 0.05) is 50.6 Å². The summed E-state index contributed by atoms with van der Waals surface area (Å²) in [5.74, 6) is -1.75. The number of hydrogen-bond donors (Lipinski definition) is 3. The van der Waals surface area contributed by atoms with Crippen LogP contribution in [0.2, 0.25) is 0 Å². The van der Waals surface area contributed by atoms with Crippen LogP contribution in [0.4, 0.5) is 11.4 Å². The highest BCUT2D eigenvalue weighted by molar-refractivity contribution is 7.21. The number of benzene rings is 2. The van der Waals surface area contributed by atoms with E-state index in [4.69, 9.17) is 10.8 Å². The van der Waals surface area contributed by atoms with Gasteiger partial charge in [0.25, 0.3) is 11.7 Å². The summed E-state index contributed by atoms with van der Waals surface area (Å²) in [5, 5.41) is 12.6. The molecule has 0 radical (unpaired) electrons. The second-order valence-electron chi connectivity index (χ2n) is 7.47. The number of anilines is 2. The highest BCUT2D eigenvalue weighted by atomic mass is 32.1. The highest BCUT2D eigenvalue weighted by Crippen LogP contribution is 2.26. The molecule has 9 heteroatoms. The van der Waals surface area contributed by atoms with Gasteiger partial charge in [-0.1, -0.05) is 12.1 Å². The normalized spacial score (nSPS) is 14.7. The van der Waals surface area contributed by atoms with Crippen LogP contribution in [-0.4, -0.2) is 66.0 Å². The summed E-state index contributed by atoms with van der Waals surface area (Å²) in [6.45, 7) is 5.49. The topological polar surface area (TPSA) is 112 Å². The zero-order chi connectivity index (χ0) is 21.8. The molecular weight excluding hydrogens is 414 g/mol. The number of ketones is 1. The van der Waals surface area contributed by atoms with Crippen molar-refractivity contribution in [3.63, 3.8) is 0 Å². The van der Waals surface area contributed by atoms with Gasteiger partial charge in [0.2, 0.25) is 0 Å². The molecule has 1 aliphatic heterocycles. The maximum absolute atomic E-state index is 11.7. The van der Waals surface area contributed by atoms with E-state index in [2.05, 4.69) is 44.4 Å². The number of nitrogens with two attached hydrogens (primary N) is 1. The smallest absolute Gasteiger partial charge is 0.292 e. The second kappa shape index (κ2) is 9.42. The Kier molecular flexibility index (Phi) is 6.45. The lowest BCUT2D eigenvalue weighted by Crippen LogP contribution is -2.47. The van der Waals surface area contributed by atoms with E-state index in [-0.39, 0.29) is 11.6 Å². The van der Waals surface area contributed by atoms with Crippen molar-refractivity contribution < 1.29 is 14.7 Å². The summed E-state index contributed by atoms with van der Waals surface area (Å²) in [6.07, 6.45) is 0. The number of nitrogens with zero attached hydrogens (tertiary/aromatic N) is 3. The maximum atomic E-state index is 11.7. The Morgan fingerprint density at radius 2 is 1.84 bits per heavy atom. The number of fused-ring (bicyclic) bond motifs is 1. The molecule has 3 aromatic rings. The molecule has 0 aliphatic carbocycles. The largest absolute Gasteiger partial charge is 0.395 e. The van der Waals surface area contributed by atoms with Crippen molar-refractivity contribution in [3.8, 4) is 0 Å². The van der Waals surface area contributed by atoms with E-state index in [1.165, 1.54) is 17.0 Å². The quantitative estimate of drug-likeness (QED) is 0.362. The number of rotatable bonds is 8. The molecule has 8 nitrogen and oxygen atoms in total. The number of β-amino-alcohol motifs (C(OH)–C–C–N with tert-alkyl or cyclic N) is 1. The monoisotopic (exact) mass is 439 g/mol. The van der Waals surface area contributed by atoms with Gasteiger partial charge in [-0.05, 0) is 35.9 Å². The number of carbonyl (C=O) groups is 2. The van der Waals surface area contributed by atoms with Gasteiger partial charge in [-0.25, -0.2) is 4.98 Å². The molecule has 1 aromatic heterocycles. The summed E-state index contributed by atoms with van der Waals surface area (Å²) < 4.78 is 0.824. The fourth-order valence-corrected chi connectivity index (χ4v) is 4.59. The first kappa shape index (κ1) is 21.2. The van der Waals surface area contributed by atoms with Crippen molar-refractivity contribution in [2.75, 3.05) is 49.5 Å². The molecule has 1 aliphatic rings. The van der Waals surface area contributed by atoms with Gasteiger partial charge in [-0.3, -0.25) is 14.5 Å². The average molecular weight is 440 g/mol. The van der Waals surface area contributed by atoms with Crippen molar-refractivity contribution in [1.82, 2.24) is 9.88 Å². The minimum Gasteiger partial charge on any atom is -0.395 e. The molecule has 162 valence electrons. The van der Waals surface area contributed by atoms with Crippen molar-refractivity contribution in [3.05, 3.63) is 53.0 Å². The molecule has 0 spiro atoms. The van der Waals surface area contributed by atoms with Gasteiger partial charge >= 0.3 is 0 Å². The molecule has 4 rings (SSSR count). The predicted octanol–water partition coefficient (Wildman–Crippen LogP) is 1.69. The van der Waals surface area contributed by atoms with Gasteiger partial charge in [0.05, 0.1) is 16.8 Å².